The lowest BCUT2D eigenvalue weighted by Crippen LogP contribution is -2.24. The van der Waals surface area contributed by atoms with E-state index >= 15 is 0 Å². The van der Waals surface area contributed by atoms with Crippen LogP contribution in [0.2, 0.25) is 0 Å². The molecule has 0 spiro atoms. The third-order valence-electron chi connectivity index (χ3n) is 6.52. The van der Waals surface area contributed by atoms with E-state index < -0.39 is 7.14 Å². The first kappa shape index (κ1) is 20.7. The predicted octanol–water partition coefficient (Wildman–Crippen LogP) is 6.73. The topological polar surface area (TPSA) is 22.0 Å². The molecule has 0 saturated carbocycles. The minimum atomic E-state index is -3.04. The molecular formula is C31H24NOP. The van der Waals surface area contributed by atoms with Crippen molar-refractivity contribution in [3.05, 3.63) is 133 Å². The van der Waals surface area contributed by atoms with Gasteiger partial charge in [0.25, 0.3) is 0 Å². The maximum Gasteiger partial charge on any atom is 0.171 e. The van der Waals surface area contributed by atoms with E-state index in [1.165, 1.54) is 10.9 Å². The number of aryl methyl sites for hydroxylation is 1. The molecule has 0 aliphatic rings. The summed E-state index contributed by atoms with van der Waals surface area (Å²) in [6.45, 7) is 2.12. The molecule has 0 atom stereocenters. The number of para-hydroxylation sites is 1. The second kappa shape index (κ2) is 8.17. The van der Waals surface area contributed by atoms with Gasteiger partial charge in [0, 0.05) is 32.4 Å². The molecule has 6 rings (SSSR count). The van der Waals surface area contributed by atoms with Gasteiger partial charge in [-0.3, -0.25) is 0 Å². The SMILES string of the molecule is Cc1ccc2c(c1)c1cc(P(=O)(c3ccccc3)c3ccccc3)ccc1n2-c1ccccc1. The van der Waals surface area contributed by atoms with Gasteiger partial charge in [-0.05, 0) is 49.4 Å². The average molecular weight is 458 g/mol. The van der Waals surface area contributed by atoms with Crippen molar-refractivity contribution in [1.82, 2.24) is 4.57 Å². The van der Waals surface area contributed by atoms with E-state index in [-0.39, 0.29) is 0 Å². The fourth-order valence-corrected chi connectivity index (χ4v) is 7.57. The van der Waals surface area contributed by atoms with E-state index in [0.29, 0.717) is 0 Å². The van der Waals surface area contributed by atoms with Gasteiger partial charge in [-0.2, -0.15) is 0 Å². The molecule has 1 aromatic heterocycles. The average Bonchev–Trinajstić information content (AvgIpc) is 3.22. The summed E-state index contributed by atoms with van der Waals surface area (Å²) in [5.41, 5.74) is 4.59. The van der Waals surface area contributed by atoms with Crippen LogP contribution in [0.1, 0.15) is 5.56 Å². The minimum Gasteiger partial charge on any atom is -0.309 e. The molecule has 3 heteroatoms. The molecular weight excluding hydrogens is 433 g/mol. The Balaban J connectivity index is 1.69. The summed E-state index contributed by atoms with van der Waals surface area (Å²) >= 11 is 0. The van der Waals surface area contributed by atoms with Crippen LogP contribution in [0.5, 0.6) is 0 Å². The molecule has 0 aliphatic carbocycles. The van der Waals surface area contributed by atoms with Gasteiger partial charge in [-0.25, -0.2) is 0 Å². The molecule has 34 heavy (non-hydrogen) atoms. The first-order valence-electron chi connectivity index (χ1n) is 11.5. The van der Waals surface area contributed by atoms with Crippen LogP contribution in [0.15, 0.2) is 127 Å². The lowest BCUT2D eigenvalue weighted by Gasteiger charge is -2.20. The van der Waals surface area contributed by atoms with Crippen molar-refractivity contribution >= 4 is 44.9 Å². The normalized spacial score (nSPS) is 11.8. The van der Waals surface area contributed by atoms with Crippen LogP contribution in [-0.4, -0.2) is 4.57 Å². The fraction of sp³-hybridized carbons (Fsp3) is 0.0323. The molecule has 0 saturated heterocycles. The highest BCUT2D eigenvalue weighted by molar-refractivity contribution is 7.85. The quantitative estimate of drug-likeness (QED) is 0.269. The zero-order chi connectivity index (χ0) is 23.1. The molecule has 2 nitrogen and oxygen atoms in total. The molecule has 0 fully saturated rings. The third-order valence-corrected chi connectivity index (χ3v) is 9.58. The Morgan fingerprint density at radius 3 is 1.62 bits per heavy atom. The second-order valence-corrected chi connectivity index (χ2v) is 11.4. The number of aromatic nitrogens is 1. The van der Waals surface area contributed by atoms with Gasteiger partial charge in [-0.15, -0.1) is 0 Å². The largest absolute Gasteiger partial charge is 0.309 e. The molecule has 0 amide bonds. The fourth-order valence-electron chi connectivity index (χ4n) is 4.90. The second-order valence-electron chi connectivity index (χ2n) is 8.67. The Bertz CT molecular complexity index is 1630. The number of hydrogen-bond donors (Lipinski definition) is 0. The van der Waals surface area contributed by atoms with Crippen molar-refractivity contribution in [3.63, 3.8) is 0 Å². The first-order valence-corrected chi connectivity index (χ1v) is 13.2. The van der Waals surface area contributed by atoms with Gasteiger partial charge < -0.3 is 9.13 Å². The molecule has 1 heterocycles. The molecule has 0 unspecified atom stereocenters. The summed E-state index contributed by atoms with van der Waals surface area (Å²) in [6, 6.07) is 43.1. The van der Waals surface area contributed by atoms with E-state index in [4.69, 9.17) is 0 Å². The Hall–Kier alpha value is -3.87. The highest BCUT2D eigenvalue weighted by Gasteiger charge is 2.30. The van der Waals surface area contributed by atoms with Crippen LogP contribution in [0, 0.1) is 6.92 Å². The number of benzene rings is 5. The summed E-state index contributed by atoms with van der Waals surface area (Å²) in [6.07, 6.45) is 0. The van der Waals surface area contributed by atoms with Gasteiger partial charge in [0.2, 0.25) is 0 Å². The highest BCUT2D eigenvalue weighted by atomic mass is 31.2. The van der Waals surface area contributed by atoms with Gasteiger partial charge in [-0.1, -0.05) is 90.5 Å². The zero-order valence-electron chi connectivity index (χ0n) is 18.9. The Morgan fingerprint density at radius 1 is 0.529 bits per heavy atom. The van der Waals surface area contributed by atoms with Crippen LogP contribution in [-0.2, 0) is 4.57 Å². The van der Waals surface area contributed by atoms with Crippen LogP contribution in [0.3, 0.4) is 0 Å². The Kier molecular flexibility index (Phi) is 4.98. The standard InChI is InChI=1S/C31H24NOP/c1-23-17-19-30-28(21-23)29-22-27(18-20-31(29)32(30)24-11-5-2-6-12-24)34(33,25-13-7-3-8-14-25)26-15-9-4-10-16-26/h2-22H,1H3. The maximum atomic E-state index is 14.9. The summed E-state index contributed by atoms with van der Waals surface area (Å²) in [5.74, 6) is 0. The van der Waals surface area contributed by atoms with Crippen molar-refractivity contribution in [1.29, 1.82) is 0 Å². The van der Waals surface area contributed by atoms with Crippen molar-refractivity contribution in [2.75, 3.05) is 0 Å². The molecule has 6 aromatic rings. The highest BCUT2D eigenvalue weighted by Crippen LogP contribution is 2.44. The first-order chi connectivity index (χ1) is 16.7. The van der Waals surface area contributed by atoms with E-state index in [2.05, 4.69) is 66.1 Å². The molecule has 0 N–H and O–H groups in total. The van der Waals surface area contributed by atoms with E-state index in [0.717, 1.165) is 38.0 Å². The van der Waals surface area contributed by atoms with Crippen molar-refractivity contribution in [2.24, 2.45) is 0 Å². The van der Waals surface area contributed by atoms with Crippen LogP contribution in [0.25, 0.3) is 27.5 Å². The summed E-state index contributed by atoms with van der Waals surface area (Å²) in [4.78, 5) is 0. The summed E-state index contributed by atoms with van der Waals surface area (Å²) in [5, 5.41) is 4.85. The molecule has 164 valence electrons. The van der Waals surface area contributed by atoms with Crippen molar-refractivity contribution in [2.45, 2.75) is 6.92 Å². The van der Waals surface area contributed by atoms with Crippen LogP contribution < -0.4 is 15.9 Å². The monoisotopic (exact) mass is 457 g/mol. The summed E-state index contributed by atoms with van der Waals surface area (Å²) < 4.78 is 17.2. The Labute approximate surface area is 199 Å². The number of nitrogens with zero attached hydrogens (tertiary/aromatic N) is 1. The lowest BCUT2D eigenvalue weighted by molar-refractivity contribution is 0.592. The smallest absolute Gasteiger partial charge is 0.171 e. The zero-order valence-corrected chi connectivity index (χ0v) is 19.8. The van der Waals surface area contributed by atoms with Crippen molar-refractivity contribution in [3.8, 4) is 5.69 Å². The minimum absolute atomic E-state index is 0.850. The Morgan fingerprint density at radius 2 is 1.03 bits per heavy atom. The van der Waals surface area contributed by atoms with Crippen LogP contribution in [0.4, 0.5) is 0 Å². The van der Waals surface area contributed by atoms with Gasteiger partial charge in [0.1, 0.15) is 0 Å². The number of hydrogen-bond acceptors (Lipinski definition) is 1. The number of fused-ring (bicyclic) bond motifs is 3. The third kappa shape index (κ3) is 3.22. The van der Waals surface area contributed by atoms with E-state index in [1.807, 2.05) is 72.8 Å². The van der Waals surface area contributed by atoms with Crippen molar-refractivity contribution < 1.29 is 4.57 Å². The van der Waals surface area contributed by atoms with Crippen LogP contribution >= 0.6 is 7.14 Å². The molecule has 0 radical (unpaired) electrons. The summed E-state index contributed by atoms with van der Waals surface area (Å²) in [7, 11) is -3.04. The maximum absolute atomic E-state index is 14.9. The van der Waals surface area contributed by atoms with E-state index in [1.54, 1.807) is 0 Å². The molecule has 5 aromatic carbocycles. The lowest BCUT2D eigenvalue weighted by atomic mass is 10.1. The molecule has 0 bridgehead atoms. The van der Waals surface area contributed by atoms with Gasteiger partial charge in [0.15, 0.2) is 7.14 Å². The number of rotatable bonds is 4. The van der Waals surface area contributed by atoms with E-state index in [9.17, 15) is 4.57 Å². The molecule has 0 aliphatic heterocycles. The van der Waals surface area contributed by atoms with Gasteiger partial charge in [0.05, 0.1) is 11.0 Å². The van der Waals surface area contributed by atoms with Gasteiger partial charge >= 0.3 is 0 Å². The predicted molar refractivity (Wildman–Crippen MR) is 145 cm³/mol.